The zero-order valence-electron chi connectivity index (χ0n) is 14.4. The molecular formula is C16H29N3O4. The van der Waals surface area contributed by atoms with Crippen molar-refractivity contribution >= 4 is 17.9 Å². The zero-order chi connectivity index (χ0) is 17.3. The van der Waals surface area contributed by atoms with Crippen LogP contribution >= 0.6 is 0 Å². The van der Waals surface area contributed by atoms with E-state index in [1.165, 1.54) is 0 Å². The molecule has 2 N–H and O–H groups in total. The van der Waals surface area contributed by atoms with E-state index in [0.29, 0.717) is 19.5 Å². The van der Waals surface area contributed by atoms with Crippen molar-refractivity contribution in [2.24, 2.45) is 0 Å². The summed E-state index contributed by atoms with van der Waals surface area (Å²) in [4.78, 5) is 36.9. The van der Waals surface area contributed by atoms with E-state index in [4.69, 9.17) is 4.74 Å². The van der Waals surface area contributed by atoms with E-state index in [1.54, 1.807) is 25.7 Å². The van der Waals surface area contributed by atoms with E-state index < -0.39 is 11.7 Å². The highest BCUT2D eigenvalue weighted by Crippen LogP contribution is 2.11. The summed E-state index contributed by atoms with van der Waals surface area (Å²) in [6.07, 6.45) is 4.04. The number of nitrogens with one attached hydrogen (secondary N) is 2. The minimum atomic E-state index is -0.542. The lowest BCUT2D eigenvalue weighted by Gasteiger charge is -2.24. The molecule has 1 heterocycles. The molecule has 132 valence electrons. The topological polar surface area (TPSA) is 87.7 Å². The van der Waals surface area contributed by atoms with E-state index in [-0.39, 0.29) is 24.9 Å². The number of amides is 3. The summed E-state index contributed by atoms with van der Waals surface area (Å²) in [5, 5.41) is 5.27. The fourth-order valence-corrected chi connectivity index (χ4v) is 2.29. The molecule has 0 aliphatic carbocycles. The Balaban J connectivity index is 2.20. The highest BCUT2D eigenvalue weighted by Gasteiger charge is 2.18. The molecule has 1 aliphatic heterocycles. The fourth-order valence-electron chi connectivity index (χ4n) is 2.29. The molecule has 0 radical (unpaired) electrons. The molecular weight excluding hydrogens is 298 g/mol. The van der Waals surface area contributed by atoms with Gasteiger partial charge in [-0.1, -0.05) is 12.8 Å². The smallest absolute Gasteiger partial charge is 0.407 e. The summed E-state index contributed by atoms with van der Waals surface area (Å²) in [7, 11) is 0. The van der Waals surface area contributed by atoms with Gasteiger partial charge in [-0.25, -0.2) is 4.79 Å². The van der Waals surface area contributed by atoms with Gasteiger partial charge in [0.15, 0.2) is 0 Å². The van der Waals surface area contributed by atoms with E-state index >= 15 is 0 Å². The second-order valence-electron chi connectivity index (χ2n) is 6.76. The fraction of sp³-hybridized carbons (Fsp3) is 0.812. The normalized spacial score (nSPS) is 16.3. The van der Waals surface area contributed by atoms with Crippen LogP contribution in [-0.2, 0) is 14.3 Å². The van der Waals surface area contributed by atoms with Crippen LogP contribution in [0.3, 0.4) is 0 Å². The van der Waals surface area contributed by atoms with Crippen LogP contribution in [-0.4, -0.2) is 54.6 Å². The maximum absolute atomic E-state index is 11.9. The minimum absolute atomic E-state index is 0.0479. The number of likely N-dealkylation sites (tertiary alicyclic amines) is 1. The maximum atomic E-state index is 11.9. The molecule has 0 aromatic rings. The van der Waals surface area contributed by atoms with Gasteiger partial charge in [-0.3, -0.25) is 9.59 Å². The maximum Gasteiger partial charge on any atom is 0.407 e. The molecule has 1 aliphatic rings. The van der Waals surface area contributed by atoms with Gasteiger partial charge in [-0.15, -0.1) is 0 Å². The quantitative estimate of drug-likeness (QED) is 0.748. The Bertz CT molecular complexity index is 418. The average Bonchev–Trinajstić information content (AvgIpc) is 2.41. The van der Waals surface area contributed by atoms with Gasteiger partial charge >= 0.3 is 6.09 Å². The molecule has 0 aromatic carbocycles. The number of hydrogen-bond acceptors (Lipinski definition) is 4. The largest absolute Gasteiger partial charge is 0.444 e. The predicted octanol–water partition coefficient (Wildman–Crippen LogP) is 1.42. The van der Waals surface area contributed by atoms with E-state index in [2.05, 4.69) is 10.6 Å². The van der Waals surface area contributed by atoms with Crippen molar-refractivity contribution in [3.63, 3.8) is 0 Å². The van der Waals surface area contributed by atoms with Gasteiger partial charge in [0.05, 0.1) is 6.54 Å². The number of carbonyl (C=O) groups is 3. The lowest BCUT2D eigenvalue weighted by molar-refractivity contribution is -0.136. The third-order valence-electron chi connectivity index (χ3n) is 3.37. The Morgan fingerprint density at radius 1 is 1.09 bits per heavy atom. The lowest BCUT2D eigenvalue weighted by Crippen LogP contribution is -2.44. The number of carbonyl (C=O) groups excluding carboxylic acids is 3. The number of ether oxygens (including phenoxy) is 1. The van der Waals surface area contributed by atoms with Crippen molar-refractivity contribution in [1.29, 1.82) is 0 Å². The third-order valence-corrected chi connectivity index (χ3v) is 3.37. The lowest BCUT2D eigenvalue weighted by atomic mass is 10.1. The molecule has 0 spiro atoms. The highest BCUT2D eigenvalue weighted by molar-refractivity contribution is 5.84. The van der Waals surface area contributed by atoms with Crippen molar-refractivity contribution < 1.29 is 19.1 Å². The summed E-state index contributed by atoms with van der Waals surface area (Å²) < 4.78 is 5.09. The van der Waals surface area contributed by atoms with Crippen molar-refractivity contribution in [3.05, 3.63) is 0 Å². The van der Waals surface area contributed by atoms with Gasteiger partial charge in [0, 0.05) is 26.1 Å². The van der Waals surface area contributed by atoms with Gasteiger partial charge in [-0.05, 0) is 33.6 Å². The van der Waals surface area contributed by atoms with Crippen LogP contribution in [0.5, 0.6) is 0 Å². The molecule has 7 nitrogen and oxygen atoms in total. The first-order valence-electron chi connectivity index (χ1n) is 8.29. The number of alkyl carbamates (subject to hydrolysis) is 1. The first-order chi connectivity index (χ1) is 10.8. The van der Waals surface area contributed by atoms with Crippen LogP contribution in [0.4, 0.5) is 4.79 Å². The Labute approximate surface area is 138 Å². The highest BCUT2D eigenvalue weighted by atomic mass is 16.6. The van der Waals surface area contributed by atoms with Gasteiger partial charge in [0.25, 0.3) is 0 Å². The molecule has 0 saturated carbocycles. The summed E-state index contributed by atoms with van der Waals surface area (Å²) in [5.41, 5.74) is -0.542. The van der Waals surface area contributed by atoms with Crippen LogP contribution in [0.25, 0.3) is 0 Å². The molecule has 1 fully saturated rings. The molecule has 3 amide bonds. The Morgan fingerprint density at radius 3 is 2.43 bits per heavy atom. The van der Waals surface area contributed by atoms with Crippen molar-refractivity contribution in [2.75, 3.05) is 26.2 Å². The van der Waals surface area contributed by atoms with Crippen molar-refractivity contribution in [1.82, 2.24) is 15.5 Å². The van der Waals surface area contributed by atoms with Crippen LogP contribution in [0.2, 0.25) is 0 Å². The molecule has 7 heteroatoms. The standard InChI is InChI=1S/C16H29N3O4/c1-16(2,3)23-15(22)18-10-9-17-13(20)12-19-11-7-5-4-6-8-14(19)21/h4-12H2,1-3H3,(H,17,20)(H,18,22). The number of rotatable bonds is 5. The molecule has 1 saturated heterocycles. The van der Waals surface area contributed by atoms with Gasteiger partial charge in [0.2, 0.25) is 11.8 Å². The monoisotopic (exact) mass is 327 g/mol. The summed E-state index contributed by atoms with van der Waals surface area (Å²) >= 11 is 0. The first kappa shape index (κ1) is 19.3. The Kier molecular flexibility index (Phi) is 7.85. The van der Waals surface area contributed by atoms with Crippen LogP contribution in [0.15, 0.2) is 0 Å². The second-order valence-corrected chi connectivity index (χ2v) is 6.76. The third kappa shape index (κ3) is 9.05. The molecule has 0 atom stereocenters. The van der Waals surface area contributed by atoms with E-state index in [0.717, 1.165) is 25.7 Å². The number of hydrogen-bond donors (Lipinski definition) is 2. The molecule has 1 rings (SSSR count). The Morgan fingerprint density at radius 2 is 1.74 bits per heavy atom. The van der Waals surface area contributed by atoms with Crippen LogP contribution < -0.4 is 10.6 Å². The first-order valence-corrected chi connectivity index (χ1v) is 8.29. The minimum Gasteiger partial charge on any atom is -0.444 e. The Hall–Kier alpha value is -1.79. The molecule has 0 bridgehead atoms. The van der Waals surface area contributed by atoms with Gasteiger partial charge < -0.3 is 20.3 Å². The van der Waals surface area contributed by atoms with Crippen molar-refractivity contribution in [3.8, 4) is 0 Å². The SMILES string of the molecule is CC(C)(C)OC(=O)NCCNC(=O)CN1CCCCCCC1=O. The second kappa shape index (κ2) is 9.37. The average molecular weight is 327 g/mol. The summed E-state index contributed by atoms with van der Waals surface area (Å²) in [6.45, 7) is 6.68. The van der Waals surface area contributed by atoms with Gasteiger partial charge in [0.1, 0.15) is 5.60 Å². The number of nitrogens with zero attached hydrogens (tertiary/aromatic N) is 1. The van der Waals surface area contributed by atoms with E-state index in [1.807, 2.05) is 0 Å². The molecule has 0 aromatic heterocycles. The van der Waals surface area contributed by atoms with Crippen LogP contribution in [0.1, 0.15) is 52.9 Å². The van der Waals surface area contributed by atoms with Gasteiger partial charge in [-0.2, -0.15) is 0 Å². The molecule has 0 unspecified atom stereocenters. The zero-order valence-corrected chi connectivity index (χ0v) is 14.4. The van der Waals surface area contributed by atoms with Crippen molar-refractivity contribution in [2.45, 2.75) is 58.5 Å². The summed E-state index contributed by atoms with van der Waals surface area (Å²) in [6, 6.07) is 0. The predicted molar refractivity (Wildman–Crippen MR) is 86.9 cm³/mol. The summed E-state index contributed by atoms with van der Waals surface area (Å²) in [5.74, 6) is -0.156. The molecule has 23 heavy (non-hydrogen) atoms. The van der Waals surface area contributed by atoms with Crippen LogP contribution in [0, 0.1) is 0 Å². The van der Waals surface area contributed by atoms with E-state index in [9.17, 15) is 14.4 Å².